The molecule has 0 atom stereocenters. The summed E-state index contributed by atoms with van der Waals surface area (Å²) < 4.78 is 4.05. The van der Waals surface area contributed by atoms with E-state index in [2.05, 4.69) is 54.9 Å². The van der Waals surface area contributed by atoms with Crippen LogP contribution in [0.15, 0.2) is 27.4 Å². The Balaban J connectivity index is 2.30. The van der Waals surface area contributed by atoms with Crippen molar-refractivity contribution < 1.29 is 0 Å². The van der Waals surface area contributed by atoms with Crippen LogP contribution < -0.4 is 0 Å². The molecule has 0 aromatic carbocycles. The van der Waals surface area contributed by atoms with Crippen molar-refractivity contribution in [3.8, 4) is 0 Å². The maximum Gasteiger partial charge on any atom is 0.0738 e. The van der Waals surface area contributed by atoms with Crippen LogP contribution in [0.25, 0.3) is 0 Å². The minimum Gasteiger partial charge on any atom is -0.264 e. The molecule has 0 aliphatic carbocycles. The van der Waals surface area contributed by atoms with Crippen LogP contribution in [0, 0.1) is 13.8 Å². The van der Waals surface area contributed by atoms with Crippen molar-refractivity contribution in [2.75, 3.05) is 0 Å². The average molecular weight is 345 g/mol. The van der Waals surface area contributed by atoms with E-state index in [0.717, 1.165) is 32.4 Å². The van der Waals surface area contributed by atoms with E-state index in [1.54, 1.807) is 6.20 Å². The van der Waals surface area contributed by atoms with Crippen molar-refractivity contribution >= 4 is 31.9 Å². The normalized spacial score (nSPS) is 10.8. The Kier molecular flexibility index (Phi) is 3.44. The van der Waals surface area contributed by atoms with E-state index in [9.17, 15) is 0 Å². The quantitative estimate of drug-likeness (QED) is 0.835. The van der Waals surface area contributed by atoms with Gasteiger partial charge in [-0.2, -0.15) is 5.10 Å². The number of nitrogens with zero attached hydrogens (tertiary/aromatic N) is 3. The Labute approximate surface area is 111 Å². The maximum atomic E-state index is 4.46. The van der Waals surface area contributed by atoms with E-state index in [4.69, 9.17) is 0 Å². The molecule has 0 unspecified atom stereocenters. The Hall–Kier alpha value is -0.680. The summed E-state index contributed by atoms with van der Waals surface area (Å²) in [6, 6.07) is 2.05. The Morgan fingerprint density at radius 1 is 1.25 bits per heavy atom. The molecular weight excluding hydrogens is 334 g/mol. The summed E-state index contributed by atoms with van der Waals surface area (Å²) in [5.41, 5.74) is 3.28. The van der Waals surface area contributed by atoms with Crippen LogP contribution in [0.2, 0.25) is 0 Å². The van der Waals surface area contributed by atoms with Crippen LogP contribution in [0.1, 0.15) is 17.0 Å². The number of hydrogen-bond acceptors (Lipinski definition) is 2. The molecule has 0 spiro atoms. The SMILES string of the molecule is Cc1nn(Cc2cncc(Br)c2)c(C)c1Br. The minimum atomic E-state index is 0.741. The van der Waals surface area contributed by atoms with Crippen LogP contribution in [0.4, 0.5) is 0 Å². The average Bonchev–Trinajstić information content (AvgIpc) is 2.47. The monoisotopic (exact) mass is 343 g/mol. The van der Waals surface area contributed by atoms with Crippen molar-refractivity contribution in [1.82, 2.24) is 14.8 Å². The largest absolute Gasteiger partial charge is 0.264 e. The first kappa shape index (κ1) is 11.8. The highest BCUT2D eigenvalue weighted by Crippen LogP contribution is 2.21. The van der Waals surface area contributed by atoms with Crippen molar-refractivity contribution in [3.05, 3.63) is 44.4 Å². The van der Waals surface area contributed by atoms with E-state index < -0.39 is 0 Å². The highest BCUT2D eigenvalue weighted by atomic mass is 79.9. The Bertz CT molecular complexity index is 520. The van der Waals surface area contributed by atoms with Crippen molar-refractivity contribution in [1.29, 1.82) is 0 Å². The van der Waals surface area contributed by atoms with Gasteiger partial charge >= 0.3 is 0 Å². The molecule has 0 aliphatic rings. The number of halogens is 2. The lowest BCUT2D eigenvalue weighted by atomic mass is 10.3. The van der Waals surface area contributed by atoms with E-state index in [-0.39, 0.29) is 0 Å². The summed E-state index contributed by atoms with van der Waals surface area (Å²) in [6.45, 7) is 4.78. The molecule has 84 valence electrons. The van der Waals surface area contributed by atoms with Gasteiger partial charge in [0.05, 0.1) is 22.4 Å². The zero-order valence-corrected chi connectivity index (χ0v) is 12.2. The molecule has 0 amide bonds. The molecule has 2 heterocycles. The molecule has 2 aromatic rings. The standard InChI is InChI=1S/C11H11Br2N3/c1-7-11(13)8(2)16(15-7)6-9-3-10(12)5-14-4-9/h3-5H,6H2,1-2H3. The van der Waals surface area contributed by atoms with Gasteiger partial charge in [0.25, 0.3) is 0 Å². The van der Waals surface area contributed by atoms with Gasteiger partial charge < -0.3 is 0 Å². The van der Waals surface area contributed by atoms with Gasteiger partial charge in [0.15, 0.2) is 0 Å². The van der Waals surface area contributed by atoms with Gasteiger partial charge in [0.1, 0.15) is 0 Å². The Morgan fingerprint density at radius 2 is 2.00 bits per heavy atom. The van der Waals surface area contributed by atoms with Gasteiger partial charge in [-0.05, 0) is 57.3 Å². The summed E-state index contributed by atoms with van der Waals surface area (Å²) in [5.74, 6) is 0. The molecule has 0 saturated heterocycles. The number of hydrogen-bond donors (Lipinski definition) is 0. The number of rotatable bonds is 2. The third-order valence-electron chi connectivity index (χ3n) is 2.39. The van der Waals surface area contributed by atoms with Crippen LogP contribution in [0.5, 0.6) is 0 Å². The second-order valence-corrected chi connectivity index (χ2v) is 5.36. The number of pyridine rings is 1. The molecule has 3 nitrogen and oxygen atoms in total. The summed E-state index contributed by atoms with van der Waals surface area (Å²) >= 11 is 6.93. The van der Waals surface area contributed by atoms with Gasteiger partial charge in [-0.1, -0.05) is 0 Å². The van der Waals surface area contributed by atoms with E-state index in [1.807, 2.05) is 17.8 Å². The lowest BCUT2D eigenvalue weighted by Gasteiger charge is -2.04. The van der Waals surface area contributed by atoms with E-state index in [1.165, 1.54) is 0 Å². The lowest BCUT2D eigenvalue weighted by molar-refractivity contribution is 0.656. The first-order valence-electron chi connectivity index (χ1n) is 4.87. The first-order chi connectivity index (χ1) is 7.58. The van der Waals surface area contributed by atoms with Gasteiger partial charge in [0.2, 0.25) is 0 Å². The number of aryl methyl sites for hydroxylation is 1. The van der Waals surface area contributed by atoms with Gasteiger partial charge in [-0.15, -0.1) is 0 Å². The third-order valence-corrected chi connectivity index (χ3v) is 3.97. The van der Waals surface area contributed by atoms with Gasteiger partial charge in [0, 0.05) is 16.9 Å². The highest BCUT2D eigenvalue weighted by molar-refractivity contribution is 9.10. The zero-order chi connectivity index (χ0) is 11.7. The second-order valence-electron chi connectivity index (χ2n) is 3.65. The fourth-order valence-corrected chi connectivity index (χ4v) is 2.24. The van der Waals surface area contributed by atoms with E-state index in [0.29, 0.717) is 0 Å². The molecule has 16 heavy (non-hydrogen) atoms. The van der Waals surface area contributed by atoms with Crippen LogP contribution in [-0.4, -0.2) is 14.8 Å². The van der Waals surface area contributed by atoms with Crippen molar-refractivity contribution in [3.63, 3.8) is 0 Å². The fourth-order valence-electron chi connectivity index (χ4n) is 1.54. The third kappa shape index (κ3) is 2.35. The molecular formula is C11H11Br2N3. The molecule has 2 aromatic heterocycles. The topological polar surface area (TPSA) is 30.7 Å². The predicted octanol–water partition coefficient (Wildman–Crippen LogP) is 3.47. The molecule has 0 bridgehead atoms. The summed E-state index contributed by atoms with van der Waals surface area (Å²) in [5, 5.41) is 4.46. The fraction of sp³-hybridized carbons (Fsp3) is 0.273. The smallest absolute Gasteiger partial charge is 0.0738 e. The second kappa shape index (κ2) is 4.67. The number of aromatic nitrogens is 3. The Morgan fingerprint density at radius 3 is 2.56 bits per heavy atom. The van der Waals surface area contributed by atoms with Crippen molar-refractivity contribution in [2.45, 2.75) is 20.4 Å². The molecule has 0 radical (unpaired) electrons. The van der Waals surface area contributed by atoms with Gasteiger partial charge in [-0.3, -0.25) is 9.67 Å². The molecule has 0 aliphatic heterocycles. The summed E-state index contributed by atoms with van der Waals surface area (Å²) in [7, 11) is 0. The summed E-state index contributed by atoms with van der Waals surface area (Å²) in [6.07, 6.45) is 3.63. The summed E-state index contributed by atoms with van der Waals surface area (Å²) in [4.78, 5) is 4.14. The molecule has 0 fully saturated rings. The van der Waals surface area contributed by atoms with Crippen LogP contribution >= 0.6 is 31.9 Å². The minimum absolute atomic E-state index is 0.741. The molecule has 0 saturated carbocycles. The predicted molar refractivity (Wildman–Crippen MR) is 70.4 cm³/mol. The van der Waals surface area contributed by atoms with Crippen LogP contribution in [0.3, 0.4) is 0 Å². The first-order valence-corrected chi connectivity index (χ1v) is 6.45. The molecule has 5 heteroatoms. The highest BCUT2D eigenvalue weighted by Gasteiger charge is 2.08. The van der Waals surface area contributed by atoms with Crippen LogP contribution in [-0.2, 0) is 6.54 Å². The molecule has 2 rings (SSSR count). The lowest BCUT2D eigenvalue weighted by Crippen LogP contribution is -2.04. The van der Waals surface area contributed by atoms with E-state index >= 15 is 0 Å². The zero-order valence-electron chi connectivity index (χ0n) is 9.04. The van der Waals surface area contributed by atoms with Crippen molar-refractivity contribution in [2.24, 2.45) is 0 Å². The van der Waals surface area contributed by atoms with Gasteiger partial charge in [-0.25, -0.2) is 0 Å². The molecule has 0 N–H and O–H groups in total. The maximum absolute atomic E-state index is 4.46.